The molecule has 3 fully saturated rings. The minimum atomic E-state index is 0.259. The second-order valence-electron chi connectivity index (χ2n) is 6.56. The van der Waals surface area contributed by atoms with Crippen LogP contribution in [0.1, 0.15) is 44.9 Å². The third-order valence-electron chi connectivity index (χ3n) is 5.34. The summed E-state index contributed by atoms with van der Waals surface area (Å²) in [4.78, 5) is 17.2. The Bertz CT molecular complexity index is 313. The van der Waals surface area contributed by atoms with Crippen LogP contribution in [0.4, 0.5) is 0 Å². The van der Waals surface area contributed by atoms with Crippen LogP contribution in [0.3, 0.4) is 0 Å². The lowest BCUT2D eigenvalue weighted by molar-refractivity contribution is -0.139. The van der Waals surface area contributed by atoms with Crippen molar-refractivity contribution >= 4 is 5.91 Å². The van der Waals surface area contributed by atoms with Crippen molar-refractivity contribution in [1.82, 2.24) is 9.80 Å². The fraction of sp³-hybridized carbons (Fsp3) is 0.933. The van der Waals surface area contributed by atoms with Crippen molar-refractivity contribution in [3.05, 3.63) is 0 Å². The number of piperazine rings is 1. The van der Waals surface area contributed by atoms with Crippen molar-refractivity contribution in [3.8, 4) is 0 Å². The molecule has 1 aliphatic heterocycles. The highest BCUT2D eigenvalue weighted by Gasteiger charge is 2.32. The van der Waals surface area contributed by atoms with Crippen LogP contribution < -0.4 is 5.73 Å². The van der Waals surface area contributed by atoms with Gasteiger partial charge in [-0.05, 0) is 38.5 Å². The van der Waals surface area contributed by atoms with E-state index in [4.69, 9.17) is 5.73 Å². The molecule has 1 heterocycles. The summed E-state index contributed by atoms with van der Waals surface area (Å²) in [7, 11) is 0. The summed E-state index contributed by atoms with van der Waals surface area (Å²) in [5.74, 6) is 0.662. The molecule has 4 heteroatoms. The Balaban J connectivity index is 1.46. The number of carbonyl (C=O) groups excluding carboxylic acids is 1. The molecular weight excluding hydrogens is 238 g/mol. The maximum absolute atomic E-state index is 12.5. The van der Waals surface area contributed by atoms with Gasteiger partial charge in [-0.2, -0.15) is 0 Å². The molecular formula is C15H27N3O. The van der Waals surface area contributed by atoms with Gasteiger partial charge in [0.05, 0.1) is 0 Å². The molecule has 2 aliphatic carbocycles. The largest absolute Gasteiger partial charge is 0.340 e. The number of carbonyl (C=O) groups is 1. The standard InChI is InChI=1S/C15H27N3O/c16-13-6-4-12(5-7-13)15(19)18-10-8-17(9-11-18)14-2-1-3-14/h12-14H,1-11,16H2/t12-,13-. The average molecular weight is 265 g/mol. The zero-order chi connectivity index (χ0) is 13.2. The third-order valence-corrected chi connectivity index (χ3v) is 5.34. The van der Waals surface area contributed by atoms with Crippen LogP contribution >= 0.6 is 0 Å². The molecule has 0 unspecified atom stereocenters. The number of rotatable bonds is 2. The Morgan fingerprint density at radius 1 is 0.895 bits per heavy atom. The predicted molar refractivity (Wildman–Crippen MR) is 75.7 cm³/mol. The first-order valence-corrected chi connectivity index (χ1v) is 8.02. The van der Waals surface area contributed by atoms with Crippen LogP contribution in [0.5, 0.6) is 0 Å². The van der Waals surface area contributed by atoms with Gasteiger partial charge in [0, 0.05) is 44.2 Å². The summed E-state index contributed by atoms with van der Waals surface area (Å²) in [6.45, 7) is 4.06. The Kier molecular flexibility index (Phi) is 4.08. The van der Waals surface area contributed by atoms with Crippen molar-refractivity contribution in [2.75, 3.05) is 26.2 Å². The van der Waals surface area contributed by atoms with E-state index in [9.17, 15) is 4.79 Å². The zero-order valence-corrected chi connectivity index (χ0v) is 11.9. The van der Waals surface area contributed by atoms with Gasteiger partial charge < -0.3 is 10.6 Å². The molecule has 0 aromatic carbocycles. The summed E-state index contributed by atoms with van der Waals surface area (Å²) >= 11 is 0. The molecule has 0 radical (unpaired) electrons. The zero-order valence-electron chi connectivity index (χ0n) is 11.9. The molecule has 0 atom stereocenters. The van der Waals surface area contributed by atoms with E-state index in [-0.39, 0.29) is 5.92 Å². The van der Waals surface area contributed by atoms with Crippen molar-refractivity contribution in [3.63, 3.8) is 0 Å². The van der Waals surface area contributed by atoms with Crippen LogP contribution in [-0.4, -0.2) is 54.0 Å². The molecule has 4 nitrogen and oxygen atoms in total. The Morgan fingerprint density at radius 2 is 1.53 bits per heavy atom. The van der Waals surface area contributed by atoms with Crippen LogP contribution in [0, 0.1) is 5.92 Å². The molecule has 19 heavy (non-hydrogen) atoms. The van der Waals surface area contributed by atoms with Gasteiger partial charge in [-0.25, -0.2) is 0 Å². The van der Waals surface area contributed by atoms with Gasteiger partial charge in [0.2, 0.25) is 5.91 Å². The molecule has 0 bridgehead atoms. The number of hydrogen-bond acceptors (Lipinski definition) is 3. The lowest BCUT2D eigenvalue weighted by Crippen LogP contribution is -2.54. The first-order valence-electron chi connectivity index (χ1n) is 8.02. The van der Waals surface area contributed by atoms with Gasteiger partial charge in [-0.3, -0.25) is 9.69 Å². The van der Waals surface area contributed by atoms with E-state index >= 15 is 0 Å². The molecule has 1 saturated heterocycles. The fourth-order valence-electron chi connectivity index (χ4n) is 3.68. The van der Waals surface area contributed by atoms with E-state index in [2.05, 4.69) is 9.80 Å². The van der Waals surface area contributed by atoms with E-state index < -0.39 is 0 Å². The average Bonchev–Trinajstić information content (AvgIpc) is 2.38. The minimum absolute atomic E-state index is 0.259. The molecule has 1 amide bonds. The van der Waals surface area contributed by atoms with Gasteiger partial charge in [0.15, 0.2) is 0 Å². The van der Waals surface area contributed by atoms with Crippen LogP contribution in [0.2, 0.25) is 0 Å². The fourth-order valence-corrected chi connectivity index (χ4v) is 3.68. The van der Waals surface area contributed by atoms with Crippen molar-refractivity contribution in [1.29, 1.82) is 0 Å². The third kappa shape index (κ3) is 2.95. The summed E-state index contributed by atoms with van der Waals surface area (Å²) in [5.41, 5.74) is 5.92. The van der Waals surface area contributed by atoms with Crippen molar-refractivity contribution in [2.45, 2.75) is 57.0 Å². The van der Waals surface area contributed by atoms with Crippen molar-refractivity contribution < 1.29 is 4.79 Å². The van der Waals surface area contributed by atoms with E-state index in [1.54, 1.807) is 0 Å². The van der Waals surface area contributed by atoms with Gasteiger partial charge in [0.1, 0.15) is 0 Å². The molecule has 108 valence electrons. The van der Waals surface area contributed by atoms with E-state index in [1.165, 1.54) is 19.3 Å². The highest BCUT2D eigenvalue weighted by molar-refractivity contribution is 5.79. The Hall–Kier alpha value is -0.610. The Labute approximate surface area is 116 Å². The van der Waals surface area contributed by atoms with Gasteiger partial charge >= 0.3 is 0 Å². The molecule has 2 N–H and O–H groups in total. The Morgan fingerprint density at radius 3 is 2.05 bits per heavy atom. The summed E-state index contributed by atoms with van der Waals surface area (Å²) in [6, 6.07) is 1.16. The molecule has 0 spiro atoms. The van der Waals surface area contributed by atoms with Gasteiger partial charge in [0.25, 0.3) is 0 Å². The predicted octanol–water partition coefficient (Wildman–Crippen LogP) is 1.20. The first kappa shape index (κ1) is 13.4. The molecule has 0 aromatic heterocycles. The highest BCUT2D eigenvalue weighted by atomic mass is 16.2. The normalized spacial score (nSPS) is 34.1. The first-order chi connectivity index (χ1) is 9.24. The molecule has 2 saturated carbocycles. The minimum Gasteiger partial charge on any atom is -0.340 e. The quantitative estimate of drug-likeness (QED) is 0.816. The number of nitrogens with two attached hydrogens (primary N) is 1. The lowest BCUT2D eigenvalue weighted by atomic mass is 9.85. The maximum atomic E-state index is 12.5. The number of hydrogen-bond donors (Lipinski definition) is 1. The van der Waals surface area contributed by atoms with Crippen molar-refractivity contribution in [2.24, 2.45) is 11.7 Å². The van der Waals surface area contributed by atoms with E-state index in [1.807, 2.05) is 0 Å². The van der Waals surface area contributed by atoms with Crippen LogP contribution in [0.25, 0.3) is 0 Å². The second kappa shape index (κ2) is 5.80. The smallest absolute Gasteiger partial charge is 0.225 e. The van der Waals surface area contributed by atoms with Crippen LogP contribution in [-0.2, 0) is 4.79 Å². The summed E-state index contributed by atoms with van der Waals surface area (Å²) < 4.78 is 0. The monoisotopic (exact) mass is 265 g/mol. The SMILES string of the molecule is N[C@H]1CC[C@H](C(=O)N2CCN(C3CCC3)CC2)CC1. The lowest BCUT2D eigenvalue weighted by Gasteiger charge is -2.43. The van der Waals surface area contributed by atoms with E-state index in [0.29, 0.717) is 11.9 Å². The molecule has 3 rings (SSSR count). The molecule has 0 aromatic rings. The van der Waals surface area contributed by atoms with Gasteiger partial charge in [-0.15, -0.1) is 0 Å². The van der Waals surface area contributed by atoms with E-state index in [0.717, 1.165) is 57.9 Å². The van der Waals surface area contributed by atoms with Gasteiger partial charge in [-0.1, -0.05) is 6.42 Å². The summed E-state index contributed by atoms with van der Waals surface area (Å²) in [6.07, 6.45) is 8.19. The summed E-state index contributed by atoms with van der Waals surface area (Å²) in [5, 5.41) is 0. The number of nitrogens with zero attached hydrogens (tertiary/aromatic N) is 2. The molecule has 3 aliphatic rings. The topological polar surface area (TPSA) is 49.6 Å². The highest BCUT2D eigenvalue weighted by Crippen LogP contribution is 2.28. The maximum Gasteiger partial charge on any atom is 0.225 e. The second-order valence-corrected chi connectivity index (χ2v) is 6.56. The number of amides is 1. The van der Waals surface area contributed by atoms with Crippen LogP contribution in [0.15, 0.2) is 0 Å².